The number of hydrogen-bond acceptors (Lipinski definition) is 0. The first-order valence-electron chi connectivity index (χ1n) is 6.42. The van der Waals surface area contributed by atoms with Gasteiger partial charge in [0.25, 0.3) is 0 Å². The third-order valence-electron chi connectivity index (χ3n) is 2.81. The maximum Gasteiger partial charge on any atom is -0.0253 e. The summed E-state index contributed by atoms with van der Waals surface area (Å²) in [5, 5.41) is 0. The molecule has 0 aromatic heterocycles. The Morgan fingerprint density at radius 2 is 1.56 bits per heavy atom. The monoisotopic (exact) mass is 217 g/mol. The van der Waals surface area contributed by atoms with Gasteiger partial charge in [-0.1, -0.05) is 45.9 Å². The van der Waals surface area contributed by atoms with Crippen molar-refractivity contribution in [3.63, 3.8) is 0 Å². The van der Waals surface area contributed by atoms with Crippen molar-refractivity contribution >= 4 is 0 Å². The summed E-state index contributed by atoms with van der Waals surface area (Å²) in [5.74, 6) is 1.46. The van der Waals surface area contributed by atoms with E-state index in [-0.39, 0.29) is 0 Å². The van der Waals surface area contributed by atoms with E-state index in [2.05, 4.69) is 52.8 Å². The summed E-state index contributed by atoms with van der Waals surface area (Å²) in [6, 6.07) is 6.92. The van der Waals surface area contributed by atoms with Crippen LogP contribution in [0, 0.1) is 18.8 Å². The summed E-state index contributed by atoms with van der Waals surface area (Å²) in [7, 11) is 0. The highest BCUT2D eigenvalue weighted by molar-refractivity contribution is 5.33. The van der Waals surface area contributed by atoms with Crippen molar-refractivity contribution in [3.05, 3.63) is 41.8 Å². The first kappa shape index (κ1) is 13.3. The molecule has 0 bridgehead atoms. The van der Waals surface area contributed by atoms with Crippen LogP contribution >= 0.6 is 0 Å². The molecule has 1 aromatic rings. The quantitative estimate of drug-likeness (QED) is 0.683. The maximum atomic E-state index is 4.01. The molecule has 1 aromatic carbocycles. The van der Waals surface area contributed by atoms with Crippen molar-refractivity contribution in [1.82, 2.24) is 0 Å². The second kappa shape index (κ2) is 6.08. The second-order valence-corrected chi connectivity index (χ2v) is 5.55. The van der Waals surface area contributed by atoms with E-state index in [1.807, 2.05) is 0 Å². The van der Waals surface area contributed by atoms with E-state index in [1.165, 1.54) is 29.5 Å². The molecule has 0 aliphatic heterocycles. The van der Waals surface area contributed by atoms with Crippen molar-refractivity contribution in [2.75, 3.05) is 0 Å². The molecule has 0 saturated carbocycles. The van der Waals surface area contributed by atoms with Crippen molar-refractivity contribution in [2.24, 2.45) is 11.8 Å². The Morgan fingerprint density at radius 3 is 2.06 bits per heavy atom. The van der Waals surface area contributed by atoms with Crippen LogP contribution in [0.2, 0.25) is 0 Å². The molecule has 0 aliphatic rings. The number of rotatable bonds is 5. The zero-order valence-electron chi connectivity index (χ0n) is 11.2. The van der Waals surface area contributed by atoms with Crippen LogP contribution in [0.1, 0.15) is 44.4 Å². The molecule has 0 saturated heterocycles. The molecule has 89 valence electrons. The molecule has 0 N–H and O–H groups in total. The van der Waals surface area contributed by atoms with Gasteiger partial charge in [0.15, 0.2) is 0 Å². The van der Waals surface area contributed by atoms with Gasteiger partial charge < -0.3 is 0 Å². The summed E-state index contributed by atoms with van der Waals surface area (Å²) in [4.78, 5) is 0. The van der Waals surface area contributed by atoms with Crippen LogP contribution in [-0.4, -0.2) is 0 Å². The van der Waals surface area contributed by atoms with Crippen LogP contribution in [0.3, 0.4) is 0 Å². The third-order valence-corrected chi connectivity index (χ3v) is 2.81. The van der Waals surface area contributed by atoms with Crippen LogP contribution in [-0.2, 0) is 19.3 Å². The van der Waals surface area contributed by atoms with Gasteiger partial charge in [-0.3, -0.25) is 0 Å². The maximum absolute atomic E-state index is 4.01. The number of hydrogen-bond donors (Lipinski definition) is 0. The van der Waals surface area contributed by atoms with Gasteiger partial charge in [-0.2, -0.15) is 0 Å². The molecule has 0 spiro atoms. The molecule has 1 radical (unpaired) electrons. The molecule has 0 heterocycles. The minimum absolute atomic E-state index is 0.722. The lowest BCUT2D eigenvalue weighted by molar-refractivity contribution is 0.633. The zero-order valence-corrected chi connectivity index (χ0v) is 11.2. The zero-order chi connectivity index (χ0) is 12.1. The molecule has 0 nitrogen and oxygen atoms in total. The minimum atomic E-state index is 0.722. The Balaban J connectivity index is 2.91. The Kier molecular flexibility index (Phi) is 5.05. The molecular weight excluding hydrogens is 192 g/mol. The van der Waals surface area contributed by atoms with E-state index in [0.717, 1.165) is 18.3 Å². The predicted octanol–water partition coefficient (Wildman–Crippen LogP) is 4.46. The van der Waals surface area contributed by atoms with Crippen LogP contribution in [0.4, 0.5) is 0 Å². The van der Waals surface area contributed by atoms with Crippen LogP contribution < -0.4 is 0 Å². The lowest BCUT2D eigenvalue weighted by atomic mass is 9.92. The summed E-state index contributed by atoms with van der Waals surface area (Å²) >= 11 is 0. The topological polar surface area (TPSA) is 0 Å². The van der Waals surface area contributed by atoms with Crippen molar-refractivity contribution < 1.29 is 0 Å². The van der Waals surface area contributed by atoms with E-state index < -0.39 is 0 Å². The average Bonchev–Trinajstić information content (AvgIpc) is 2.16. The SMILES string of the molecule is [CH2]Cc1ccc(CC(C)C)cc1CC(C)C. The summed E-state index contributed by atoms with van der Waals surface area (Å²) in [5.41, 5.74) is 4.40. The van der Waals surface area contributed by atoms with Gasteiger partial charge >= 0.3 is 0 Å². The van der Waals surface area contributed by atoms with Crippen LogP contribution in [0.25, 0.3) is 0 Å². The molecular formula is C16H25. The highest BCUT2D eigenvalue weighted by Gasteiger charge is 2.06. The van der Waals surface area contributed by atoms with E-state index in [9.17, 15) is 0 Å². The fourth-order valence-corrected chi connectivity index (χ4v) is 2.15. The van der Waals surface area contributed by atoms with Gasteiger partial charge in [0.2, 0.25) is 0 Å². The third kappa shape index (κ3) is 4.00. The van der Waals surface area contributed by atoms with Crippen molar-refractivity contribution in [3.8, 4) is 0 Å². The second-order valence-electron chi connectivity index (χ2n) is 5.55. The van der Waals surface area contributed by atoms with E-state index in [1.54, 1.807) is 0 Å². The standard InChI is InChI=1S/C16H25/c1-6-15-8-7-14(9-12(2)3)11-16(15)10-13(4)5/h7-8,11-13H,1,6,9-10H2,2-5H3. The highest BCUT2D eigenvalue weighted by atomic mass is 14.1. The van der Waals surface area contributed by atoms with E-state index in [4.69, 9.17) is 0 Å². The Labute approximate surface area is 101 Å². The summed E-state index contributed by atoms with van der Waals surface area (Å²) in [6.07, 6.45) is 3.27. The molecule has 16 heavy (non-hydrogen) atoms. The fraction of sp³-hybridized carbons (Fsp3) is 0.562. The van der Waals surface area contributed by atoms with Gasteiger partial charge in [0.05, 0.1) is 0 Å². The van der Waals surface area contributed by atoms with Crippen molar-refractivity contribution in [1.29, 1.82) is 0 Å². The van der Waals surface area contributed by atoms with E-state index in [0.29, 0.717) is 0 Å². The van der Waals surface area contributed by atoms with E-state index >= 15 is 0 Å². The first-order chi connectivity index (χ1) is 7.52. The molecule has 0 aliphatic carbocycles. The lowest BCUT2D eigenvalue weighted by Crippen LogP contribution is -2.02. The normalized spacial score (nSPS) is 11.4. The molecule has 1 rings (SSSR count). The van der Waals surface area contributed by atoms with Crippen LogP contribution in [0.15, 0.2) is 18.2 Å². The lowest BCUT2D eigenvalue weighted by Gasteiger charge is -2.13. The Morgan fingerprint density at radius 1 is 0.938 bits per heavy atom. The summed E-state index contributed by atoms with van der Waals surface area (Å²) < 4.78 is 0. The van der Waals surface area contributed by atoms with Crippen LogP contribution in [0.5, 0.6) is 0 Å². The fourth-order valence-electron chi connectivity index (χ4n) is 2.15. The molecule has 0 unspecified atom stereocenters. The smallest absolute Gasteiger partial charge is 0.0253 e. The largest absolute Gasteiger partial charge is 0.0625 e. The van der Waals surface area contributed by atoms with Crippen molar-refractivity contribution in [2.45, 2.75) is 47.0 Å². The molecule has 0 heteroatoms. The Bertz CT molecular complexity index is 321. The van der Waals surface area contributed by atoms with Gasteiger partial charge in [-0.25, -0.2) is 0 Å². The minimum Gasteiger partial charge on any atom is -0.0625 e. The molecule has 0 atom stereocenters. The van der Waals surface area contributed by atoms with Gasteiger partial charge in [-0.05, 0) is 54.7 Å². The van der Waals surface area contributed by atoms with Gasteiger partial charge in [0.1, 0.15) is 0 Å². The summed E-state index contributed by atoms with van der Waals surface area (Å²) in [6.45, 7) is 13.1. The predicted molar refractivity (Wildman–Crippen MR) is 72.6 cm³/mol. The molecule has 0 fully saturated rings. The molecule has 0 amide bonds. The average molecular weight is 217 g/mol. The number of benzene rings is 1. The highest BCUT2D eigenvalue weighted by Crippen LogP contribution is 2.18. The van der Waals surface area contributed by atoms with Gasteiger partial charge in [0, 0.05) is 0 Å². The van der Waals surface area contributed by atoms with Gasteiger partial charge in [-0.15, -0.1) is 0 Å². The Hall–Kier alpha value is -0.780. The first-order valence-corrected chi connectivity index (χ1v) is 6.42.